The van der Waals surface area contributed by atoms with Gasteiger partial charge in [-0.3, -0.25) is 0 Å². The summed E-state index contributed by atoms with van der Waals surface area (Å²) in [4.78, 5) is 42.4. The Labute approximate surface area is 164 Å². The summed E-state index contributed by atoms with van der Waals surface area (Å²) < 4.78 is 10.8. The van der Waals surface area contributed by atoms with Gasteiger partial charge in [-0.05, 0) is 65.2 Å². The molecular formula is C19H25ClN2O5. The number of fused-ring (bicyclic) bond motifs is 1. The Morgan fingerprint density at radius 3 is 2.11 bits per heavy atom. The molecule has 0 spiro atoms. The van der Waals surface area contributed by atoms with E-state index in [1.807, 2.05) is 0 Å². The summed E-state index contributed by atoms with van der Waals surface area (Å²) in [5.41, 5.74) is -0.432. The van der Waals surface area contributed by atoms with Gasteiger partial charge in [-0.1, -0.05) is 11.6 Å². The summed E-state index contributed by atoms with van der Waals surface area (Å²) in [6.07, 6.45) is 0.703. The molecule has 0 saturated carbocycles. The fourth-order valence-corrected chi connectivity index (χ4v) is 3.16. The van der Waals surface area contributed by atoms with Crippen LogP contribution in [0.25, 0.3) is 0 Å². The van der Waals surface area contributed by atoms with Crippen molar-refractivity contribution in [3.63, 3.8) is 0 Å². The monoisotopic (exact) mass is 396 g/mol. The molecule has 1 unspecified atom stereocenters. The average Bonchev–Trinajstić information content (AvgIpc) is 2.84. The number of amides is 2. The lowest BCUT2D eigenvalue weighted by Gasteiger charge is -2.33. The summed E-state index contributed by atoms with van der Waals surface area (Å²) in [5, 5.41) is 0.246. The first kappa shape index (κ1) is 21.2. The summed E-state index contributed by atoms with van der Waals surface area (Å²) in [6.45, 7) is 10.2. The van der Waals surface area contributed by atoms with Gasteiger partial charge in [-0.2, -0.15) is 0 Å². The largest absolute Gasteiger partial charge is 0.443 e. The average molecular weight is 397 g/mol. The van der Waals surface area contributed by atoms with Crippen molar-refractivity contribution in [2.45, 2.75) is 65.2 Å². The van der Waals surface area contributed by atoms with Crippen LogP contribution in [0.15, 0.2) is 12.3 Å². The van der Waals surface area contributed by atoms with Crippen LogP contribution in [0.4, 0.5) is 9.59 Å². The third-order valence-corrected chi connectivity index (χ3v) is 4.16. The van der Waals surface area contributed by atoms with Crippen molar-refractivity contribution in [1.29, 1.82) is 0 Å². The molecule has 2 amide bonds. The molecule has 1 aliphatic carbocycles. The Morgan fingerprint density at radius 1 is 1.15 bits per heavy atom. The number of rotatable bonds is 2. The zero-order valence-electron chi connectivity index (χ0n) is 16.4. The summed E-state index contributed by atoms with van der Waals surface area (Å²) in [6, 6.07) is 0.777. The molecule has 0 aliphatic heterocycles. The minimum Gasteiger partial charge on any atom is -0.443 e. The SMILES string of the molecule is CC(C)(C)OC(=O)N(C(=O)OC(C)(C)C)C1c2ccnc(Cl)c2C[C@H]1C=O. The van der Waals surface area contributed by atoms with Crippen molar-refractivity contribution in [2.24, 2.45) is 5.92 Å². The lowest BCUT2D eigenvalue weighted by molar-refractivity contribution is -0.112. The number of aromatic nitrogens is 1. The Hall–Kier alpha value is -2.15. The molecule has 27 heavy (non-hydrogen) atoms. The van der Waals surface area contributed by atoms with Gasteiger partial charge >= 0.3 is 12.2 Å². The predicted octanol–water partition coefficient (Wildman–Crippen LogP) is 4.32. The molecule has 1 aliphatic rings. The number of nitrogens with zero attached hydrogens (tertiary/aromatic N) is 2. The van der Waals surface area contributed by atoms with E-state index < -0.39 is 35.3 Å². The van der Waals surface area contributed by atoms with Gasteiger partial charge in [0.05, 0.1) is 6.04 Å². The van der Waals surface area contributed by atoms with Crippen molar-refractivity contribution < 1.29 is 23.9 Å². The highest BCUT2D eigenvalue weighted by molar-refractivity contribution is 6.30. The smallest absolute Gasteiger partial charge is 0.420 e. The predicted molar refractivity (Wildman–Crippen MR) is 99.6 cm³/mol. The second kappa shape index (κ2) is 7.46. The van der Waals surface area contributed by atoms with E-state index in [2.05, 4.69) is 4.98 Å². The zero-order chi connectivity index (χ0) is 20.6. The first-order valence-corrected chi connectivity index (χ1v) is 9.05. The van der Waals surface area contributed by atoms with Gasteiger partial charge in [-0.15, -0.1) is 0 Å². The number of imide groups is 1. The Balaban J connectivity index is 2.52. The van der Waals surface area contributed by atoms with E-state index >= 15 is 0 Å². The topological polar surface area (TPSA) is 85.8 Å². The quantitative estimate of drug-likeness (QED) is 0.546. The van der Waals surface area contributed by atoms with Crippen LogP contribution >= 0.6 is 11.6 Å². The molecule has 0 saturated heterocycles. The Bertz CT molecular complexity index is 723. The highest BCUT2D eigenvalue weighted by atomic mass is 35.5. The number of halogens is 1. The maximum absolute atomic E-state index is 12.9. The molecule has 2 atom stereocenters. The maximum Gasteiger partial charge on any atom is 0.420 e. The van der Waals surface area contributed by atoms with Crippen LogP contribution in [-0.2, 0) is 20.7 Å². The molecule has 1 aromatic heterocycles. The van der Waals surface area contributed by atoms with Gasteiger partial charge < -0.3 is 14.3 Å². The molecule has 7 nitrogen and oxygen atoms in total. The second-order valence-corrected chi connectivity index (χ2v) is 8.81. The number of ether oxygens (including phenoxy) is 2. The zero-order valence-corrected chi connectivity index (χ0v) is 17.2. The van der Waals surface area contributed by atoms with Crippen molar-refractivity contribution in [2.75, 3.05) is 0 Å². The molecule has 1 aromatic rings. The lowest BCUT2D eigenvalue weighted by atomic mass is 10.0. The van der Waals surface area contributed by atoms with Crippen LogP contribution in [0.5, 0.6) is 0 Å². The van der Waals surface area contributed by atoms with E-state index in [4.69, 9.17) is 21.1 Å². The second-order valence-electron chi connectivity index (χ2n) is 8.45. The molecule has 1 heterocycles. The van der Waals surface area contributed by atoms with E-state index in [1.54, 1.807) is 47.6 Å². The van der Waals surface area contributed by atoms with E-state index in [1.165, 1.54) is 6.20 Å². The van der Waals surface area contributed by atoms with Crippen molar-refractivity contribution in [3.05, 3.63) is 28.5 Å². The van der Waals surface area contributed by atoms with Crippen LogP contribution < -0.4 is 0 Å². The minimum atomic E-state index is -0.880. The molecule has 0 N–H and O–H groups in total. The van der Waals surface area contributed by atoms with Crippen LogP contribution in [0.2, 0.25) is 5.15 Å². The molecule has 0 fully saturated rings. The van der Waals surface area contributed by atoms with Crippen LogP contribution in [0.1, 0.15) is 58.7 Å². The fraction of sp³-hybridized carbons (Fsp3) is 0.579. The Kier molecular flexibility index (Phi) is 5.85. The van der Waals surface area contributed by atoms with Crippen LogP contribution in [-0.4, -0.2) is 39.6 Å². The van der Waals surface area contributed by atoms with Crippen molar-refractivity contribution >= 4 is 30.1 Å². The molecule has 0 aromatic carbocycles. The van der Waals surface area contributed by atoms with Gasteiger partial charge in [-0.25, -0.2) is 19.5 Å². The van der Waals surface area contributed by atoms with Gasteiger partial charge in [0, 0.05) is 12.1 Å². The minimum absolute atomic E-state index is 0.246. The van der Waals surface area contributed by atoms with Gasteiger partial charge in [0.15, 0.2) is 0 Å². The summed E-state index contributed by atoms with van der Waals surface area (Å²) >= 11 is 6.16. The van der Waals surface area contributed by atoms with E-state index in [0.29, 0.717) is 17.4 Å². The third kappa shape index (κ3) is 4.97. The number of carbonyl (C=O) groups excluding carboxylic acids is 3. The number of hydrogen-bond donors (Lipinski definition) is 0. The van der Waals surface area contributed by atoms with Gasteiger partial charge in [0.2, 0.25) is 0 Å². The lowest BCUT2D eigenvalue weighted by Crippen LogP contribution is -2.46. The summed E-state index contributed by atoms with van der Waals surface area (Å²) in [5.74, 6) is -0.665. The highest BCUT2D eigenvalue weighted by Gasteiger charge is 2.45. The summed E-state index contributed by atoms with van der Waals surface area (Å²) in [7, 11) is 0. The standard InChI is InChI=1S/C19H25ClN2O5/c1-18(2,3)26-16(24)22(17(25)27-19(4,5)6)14-11(10-23)9-13-12(14)7-8-21-15(13)20/h7-8,10-11,14H,9H2,1-6H3/t11-,14?/m0/s1. The van der Waals surface area contributed by atoms with Gasteiger partial charge in [0.1, 0.15) is 22.6 Å². The fourth-order valence-electron chi connectivity index (χ4n) is 2.91. The molecule has 0 radical (unpaired) electrons. The maximum atomic E-state index is 12.9. The molecule has 2 rings (SSSR count). The Morgan fingerprint density at radius 2 is 1.67 bits per heavy atom. The molecular weight excluding hydrogens is 372 g/mol. The number of hydrogen-bond acceptors (Lipinski definition) is 6. The normalized spacial score (nSPS) is 19.2. The van der Waals surface area contributed by atoms with Crippen molar-refractivity contribution in [1.82, 2.24) is 9.88 Å². The highest BCUT2D eigenvalue weighted by Crippen LogP contribution is 2.42. The molecule has 8 heteroatoms. The van der Waals surface area contributed by atoms with Crippen LogP contribution in [0, 0.1) is 5.92 Å². The number of carbonyl (C=O) groups is 3. The first-order chi connectivity index (χ1) is 12.3. The van der Waals surface area contributed by atoms with Crippen molar-refractivity contribution in [3.8, 4) is 0 Å². The number of pyridine rings is 1. The van der Waals surface area contributed by atoms with Crippen LogP contribution in [0.3, 0.4) is 0 Å². The number of aldehydes is 1. The van der Waals surface area contributed by atoms with E-state index in [9.17, 15) is 14.4 Å². The third-order valence-electron chi connectivity index (χ3n) is 3.84. The van der Waals surface area contributed by atoms with E-state index in [0.717, 1.165) is 4.90 Å². The molecule has 0 bridgehead atoms. The van der Waals surface area contributed by atoms with Gasteiger partial charge in [0.25, 0.3) is 0 Å². The van der Waals surface area contributed by atoms with E-state index in [-0.39, 0.29) is 11.6 Å². The first-order valence-electron chi connectivity index (χ1n) is 8.68. The molecule has 148 valence electrons.